The Balaban J connectivity index is 2.18. The average Bonchev–Trinajstić information content (AvgIpc) is 2.91. The number of benzene rings is 2. The van der Waals surface area contributed by atoms with Crippen LogP contribution >= 0.6 is 0 Å². The molecule has 0 aliphatic rings. The fourth-order valence-electron chi connectivity index (χ4n) is 2.77. The zero-order valence-corrected chi connectivity index (χ0v) is 13.3. The maximum atomic E-state index is 12.0. The molecule has 1 heterocycles. The Morgan fingerprint density at radius 1 is 1.09 bits per heavy atom. The van der Waals surface area contributed by atoms with Crippen molar-refractivity contribution in [2.45, 2.75) is 13.8 Å². The summed E-state index contributed by atoms with van der Waals surface area (Å²) in [5.41, 5.74) is 4.96. The highest BCUT2D eigenvalue weighted by molar-refractivity contribution is 5.99. The van der Waals surface area contributed by atoms with Gasteiger partial charge in [0.05, 0.1) is 12.3 Å². The number of fused-ring (bicyclic) bond motifs is 1. The molecule has 0 saturated carbocycles. The van der Waals surface area contributed by atoms with Crippen LogP contribution in [-0.2, 0) is 9.53 Å². The van der Waals surface area contributed by atoms with Gasteiger partial charge in [-0.3, -0.25) is 0 Å². The Kier molecular flexibility index (Phi) is 4.29. The SMILES string of the molecule is CCOC(=O)/C=C(/c1ccccc1)c1[nH]c2ccccc2c1C. The van der Waals surface area contributed by atoms with Crippen molar-refractivity contribution in [2.24, 2.45) is 0 Å². The molecule has 1 N–H and O–H groups in total. The number of hydrogen-bond acceptors (Lipinski definition) is 2. The van der Waals surface area contributed by atoms with E-state index in [1.54, 1.807) is 6.08 Å². The van der Waals surface area contributed by atoms with Crippen LogP contribution < -0.4 is 0 Å². The molecule has 1 aromatic heterocycles. The Morgan fingerprint density at radius 3 is 2.48 bits per heavy atom. The van der Waals surface area contributed by atoms with Gasteiger partial charge in [0.15, 0.2) is 0 Å². The zero-order valence-electron chi connectivity index (χ0n) is 13.3. The van der Waals surface area contributed by atoms with Gasteiger partial charge < -0.3 is 9.72 Å². The smallest absolute Gasteiger partial charge is 0.331 e. The van der Waals surface area contributed by atoms with Crippen molar-refractivity contribution in [3.8, 4) is 0 Å². The van der Waals surface area contributed by atoms with Crippen LogP contribution in [0, 0.1) is 6.92 Å². The monoisotopic (exact) mass is 305 g/mol. The molecule has 0 fully saturated rings. The fourth-order valence-corrected chi connectivity index (χ4v) is 2.77. The summed E-state index contributed by atoms with van der Waals surface area (Å²) in [7, 11) is 0. The molecule has 23 heavy (non-hydrogen) atoms. The van der Waals surface area contributed by atoms with Gasteiger partial charge >= 0.3 is 5.97 Å². The van der Waals surface area contributed by atoms with E-state index < -0.39 is 0 Å². The Morgan fingerprint density at radius 2 is 1.78 bits per heavy atom. The standard InChI is InChI=1S/C20H19NO2/c1-3-23-19(22)13-17(15-9-5-4-6-10-15)20-14(2)16-11-7-8-12-18(16)21-20/h4-13,21H,3H2,1-2H3/b17-13-. The van der Waals surface area contributed by atoms with Crippen molar-refractivity contribution in [3.05, 3.63) is 77.5 Å². The number of hydrogen-bond donors (Lipinski definition) is 1. The lowest BCUT2D eigenvalue weighted by atomic mass is 9.99. The minimum Gasteiger partial charge on any atom is -0.463 e. The molecular formula is C20H19NO2. The summed E-state index contributed by atoms with van der Waals surface area (Å²) in [6.45, 7) is 4.24. The quantitative estimate of drug-likeness (QED) is 0.571. The van der Waals surface area contributed by atoms with Crippen LogP contribution in [0.5, 0.6) is 0 Å². The third kappa shape index (κ3) is 3.04. The van der Waals surface area contributed by atoms with E-state index in [2.05, 4.69) is 18.0 Å². The number of rotatable bonds is 4. The fraction of sp³-hybridized carbons (Fsp3) is 0.150. The zero-order chi connectivity index (χ0) is 16.2. The van der Waals surface area contributed by atoms with E-state index in [4.69, 9.17) is 4.74 Å². The second-order valence-corrected chi connectivity index (χ2v) is 5.35. The van der Waals surface area contributed by atoms with Crippen molar-refractivity contribution >= 4 is 22.4 Å². The molecule has 0 spiro atoms. The first-order chi connectivity index (χ1) is 11.2. The van der Waals surface area contributed by atoms with E-state index in [-0.39, 0.29) is 5.97 Å². The van der Waals surface area contributed by atoms with Crippen LogP contribution in [0.3, 0.4) is 0 Å². The number of para-hydroxylation sites is 1. The molecule has 0 amide bonds. The first kappa shape index (κ1) is 15.1. The molecule has 3 rings (SSSR count). The number of aryl methyl sites for hydroxylation is 1. The predicted octanol–water partition coefficient (Wildman–Crippen LogP) is 4.47. The molecule has 0 saturated heterocycles. The molecule has 2 aromatic carbocycles. The number of carbonyl (C=O) groups excluding carboxylic acids is 1. The Labute approximate surface area is 135 Å². The van der Waals surface area contributed by atoms with Gasteiger partial charge in [-0.1, -0.05) is 48.5 Å². The summed E-state index contributed by atoms with van der Waals surface area (Å²) in [4.78, 5) is 15.4. The maximum Gasteiger partial charge on any atom is 0.331 e. The van der Waals surface area contributed by atoms with E-state index in [1.807, 2.05) is 55.5 Å². The van der Waals surface area contributed by atoms with Gasteiger partial charge in [0.1, 0.15) is 0 Å². The summed E-state index contributed by atoms with van der Waals surface area (Å²) in [5.74, 6) is -0.329. The van der Waals surface area contributed by atoms with E-state index in [1.165, 1.54) is 0 Å². The predicted molar refractivity (Wildman–Crippen MR) is 93.2 cm³/mol. The molecule has 3 nitrogen and oxygen atoms in total. The third-order valence-electron chi connectivity index (χ3n) is 3.87. The van der Waals surface area contributed by atoms with Gasteiger partial charge in [-0.05, 0) is 31.0 Å². The number of esters is 1. The molecule has 0 aliphatic carbocycles. The molecule has 0 aliphatic heterocycles. The van der Waals surface area contributed by atoms with Crippen LogP contribution in [-0.4, -0.2) is 17.6 Å². The Bertz CT molecular complexity index is 860. The van der Waals surface area contributed by atoms with Gasteiger partial charge in [-0.2, -0.15) is 0 Å². The van der Waals surface area contributed by atoms with E-state index in [0.29, 0.717) is 6.61 Å². The van der Waals surface area contributed by atoms with Crippen molar-refractivity contribution in [1.82, 2.24) is 4.98 Å². The van der Waals surface area contributed by atoms with Gasteiger partial charge in [0.2, 0.25) is 0 Å². The van der Waals surface area contributed by atoms with Gasteiger partial charge in [-0.15, -0.1) is 0 Å². The highest BCUT2D eigenvalue weighted by Gasteiger charge is 2.15. The lowest BCUT2D eigenvalue weighted by Crippen LogP contribution is -2.02. The lowest BCUT2D eigenvalue weighted by molar-refractivity contribution is -0.137. The lowest BCUT2D eigenvalue weighted by Gasteiger charge is -2.08. The second-order valence-electron chi connectivity index (χ2n) is 5.35. The summed E-state index contributed by atoms with van der Waals surface area (Å²) in [6.07, 6.45) is 1.57. The van der Waals surface area contributed by atoms with E-state index in [9.17, 15) is 4.79 Å². The number of carbonyl (C=O) groups is 1. The normalized spacial score (nSPS) is 11.7. The maximum absolute atomic E-state index is 12.0. The van der Waals surface area contributed by atoms with Gasteiger partial charge in [-0.25, -0.2) is 4.79 Å². The van der Waals surface area contributed by atoms with Crippen molar-refractivity contribution in [1.29, 1.82) is 0 Å². The Hall–Kier alpha value is -2.81. The third-order valence-corrected chi connectivity index (χ3v) is 3.87. The molecular weight excluding hydrogens is 286 g/mol. The summed E-state index contributed by atoms with van der Waals surface area (Å²) < 4.78 is 5.10. The second kappa shape index (κ2) is 6.53. The molecule has 0 unspecified atom stereocenters. The average molecular weight is 305 g/mol. The number of nitrogens with one attached hydrogen (secondary N) is 1. The molecule has 116 valence electrons. The summed E-state index contributed by atoms with van der Waals surface area (Å²) in [6, 6.07) is 18.0. The van der Waals surface area contributed by atoms with Crippen LogP contribution in [0.1, 0.15) is 23.7 Å². The van der Waals surface area contributed by atoms with E-state index in [0.717, 1.165) is 33.3 Å². The van der Waals surface area contributed by atoms with E-state index >= 15 is 0 Å². The number of aromatic amines is 1. The van der Waals surface area contributed by atoms with Crippen molar-refractivity contribution < 1.29 is 9.53 Å². The minimum atomic E-state index is -0.329. The highest BCUT2D eigenvalue weighted by Crippen LogP contribution is 2.30. The molecule has 0 bridgehead atoms. The minimum absolute atomic E-state index is 0.329. The van der Waals surface area contributed by atoms with Crippen molar-refractivity contribution in [2.75, 3.05) is 6.61 Å². The molecule has 3 heteroatoms. The topological polar surface area (TPSA) is 42.1 Å². The highest BCUT2D eigenvalue weighted by atomic mass is 16.5. The van der Waals surface area contributed by atoms with Crippen LogP contribution in [0.25, 0.3) is 16.5 Å². The number of H-pyrrole nitrogens is 1. The summed E-state index contributed by atoms with van der Waals surface area (Å²) in [5, 5.41) is 1.16. The van der Waals surface area contributed by atoms with Crippen LogP contribution in [0.4, 0.5) is 0 Å². The van der Waals surface area contributed by atoms with Crippen molar-refractivity contribution in [3.63, 3.8) is 0 Å². The largest absolute Gasteiger partial charge is 0.463 e. The molecule has 3 aromatic rings. The van der Waals surface area contributed by atoms with Gasteiger partial charge in [0.25, 0.3) is 0 Å². The number of ether oxygens (including phenoxy) is 1. The first-order valence-corrected chi connectivity index (χ1v) is 7.72. The van der Waals surface area contributed by atoms with Crippen LogP contribution in [0.2, 0.25) is 0 Å². The summed E-state index contributed by atoms with van der Waals surface area (Å²) >= 11 is 0. The van der Waals surface area contributed by atoms with Crippen LogP contribution in [0.15, 0.2) is 60.7 Å². The van der Waals surface area contributed by atoms with Gasteiger partial charge in [0, 0.05) is 22.6 Å². The number of aromatic nitrogens is 1. The molecule has 0 atom stereocenters. The first-order valence-electron chi connectivity index (χ1n) is 7.72. The molecule has 0 radical (unpaired) electrons.